The van der Waals surface area contributed by atoms with Crippen LogP contribution in [0.25, 0.3) is 50.8 Å². The van der Waals surface area contributed by atoms with Crippen LogP contribution in [0.1, 0.15) is 24.5 Å². The van der Waals surface area contributed by atoms with Crippen LogP contribution in [0.15, 0.2) is 150 Å². The quantitative estimate of drug-likeness (QED) is 0.120. The topological polar surface area (TPSA) is 110 Å². The van der Waals surface area contributed by atoms with E-state index < -0.39 is 18.3 Å². The third-order valence-electron chi connectivity index (χ3n) is 8.65. The lowest BCUT2D eigenvalue weighted by Gasteiger charge is -2.17. The van der Waals surface area contributed by atoms with Crippen molar-refractivity contribution in [1.82, 2.24) is 9.47 Å². The van der Waals surface area contributed by atoms with E-state index in [9.17, 15) is 25.2 Å². The van der Waals surface area contributed by atoms with Crippen LogP contribution in [0.2, 0.25) is 0 Å². The highest BCUT2D eigenvalue weighted by molar-refractivity contribution is 6.10. The minimum absolute atomic E-state index is 0.0666. The van der Waals surface area contributed by atoms with E-state index in [2.05, 4.69) is 96.1 Å². The van der Waals surface area contributed by atoms with E-state index in [1.807, 2.05) is 30.4 Å². The van der Waals surface area contributed by atoms with Crippen molar-refractivity contribution in [3.63, 3.8) is 0 Å². The molecule has 0 bridgehead atoms. The molecule has 1 aromatic heterocycles. The molecular weight excluding hydrogens is 620 g/mol. The summed E-state index contributed by atoms with van der Waals surface area (Å²) in [5.41, 5.74) is 7.77. The van der Waals surface area contributed by atoms with Crippen molar-refractivity contribution in [3.8, 4) is 29.0 Å². The number of nitrogens with zero attached hydrogens (tertiary/aromatic N) is 4. The maximum atomic E-state index is 13.1. The van der Waals surface area contributed by atoms with Gasteiger partial charge in [0.15, 0.2) is 5.57 Å². The molecule has 242 valence electrons. The molecule has 4 aromatic carbocycles. The van der Waals surface area contributed by atoms with Crippen LogP contribution in [-0.2, 0) is 9.59 Å². The largest absolute Gasteiger partial charge is 0.481 e. The maximum absolute atomic E-state index is 13.1. The fourth-order valence-corrected chi connectivity index (χ4v) is 6.32. The Bertz CT molecular complexity index is 2390. The van der Waals surface area contributed by atoms with Gasteiger partial charge in [-0.25, -0.2) is 0 Å². The van der Waals surface area contributed by atoms with Crippen LogP contribution >= 0.6 is 0 Å². The second-order valence-corrected chi connectivity index (χ2v) is 11.6. The molecule has 0 spiro atoms. The van der Waals surface area contributed by atoms with E-state index >= 15 is 0 Å². The number of likely N-dealkylation sites (N-methyl/N-ethyl adjacent to an activating group) is 1. The highest BCUT2D eigenvalue weighted by atomic mass is 16.4. The molecule has 0 fully saturated rings. The normalized spacial score (nSPS) is 13.3. The summed E-state index contributed by atoms with van der Waals surface area (Å²) in [6, 6.07) is 35.3. The molecule has 7 nitrogen and oxygen atoms in total. The average Bonchev–Trinajstić information content (AvgIpc) is 3.60. The summed E-state index contributed by atoms with van der Waals surface area (Å²) in [4.78, 5) is 26.0. The van der Waals surface area contributed by atoms with Gasteiger partial charge in [0.1, 0.15) is 12.1 Å². The molecule has 0 saturated carbocycles. The van der Waals surface area contributed by atoms with Gasteiger partial charge in [-0.15, -0.1) is 0 Å². The van der Waals surface area contributed by atoms with Crippen LogP contribution < -0.4 is 0 Å². The van der Waals surface area contributed by atoms with E-state index in [1.54, 1.807) is 31.2 Å². The number of benzene rings is 4. The summed E-state index contributed by atoms with van der Waals surface area (Å²) in [5.74, 6) is -1.60. The number of amides is 1. The van der Waals surface area contributed by atoms with Gasteiger partial charge >= 0.3 is 5.97 Å². The minimum atomic E-state index is -1.16. The van der Waals surface area contributed by atoms with E-state index in [4.69, 9.17) is 0 Å². The highest BCUT2D eigenvalue weighted by Crippen LogP contribution is 2.35. The lowest BCUT2D eigenvalue weighted by molar-refractivity contribution is -0.136. The number of carboxylic acid groups (broad SMARTS) is 1. The number of carbonyl (C=O) groups excluding carboxylic acids is 1. The standard InChI is InChI=1S/C43H32N4O3/c1-3-29-15-18-31(19-16-29)32-20-22-34(23-21-32)47-39-14-10-9-12-35(39)37-25-30(17-24-40(37)47)11-7-5-6-8-13-36-38(26-41(48)49)42(33(27-44)28-45)46(4-2)43(36)50/h3,5-25H,1,4,26H2,2H3,(H,48,49)/b6-5+,11-7+,13-8+. The summed E-state index contributed by atoms with van der Waals surface area (Å²) in [6.07, 6.45) is 12.0. The number of hydrogen-bond donors (Lipinski definition) is 1. The molecule has 1 aliphatic heterocycles. The Balaban J connectivity index is 1.26. The summed E-state index contributed by atoms with van der Waals surface area (Å²) >= 11 is 0. The Morgan fingerprint density at radius 2 is 1.42 bits per heavy atom. The van der Waals surface area contributed by atoms with E-state index in [1.165, 1.54) is 11.0 Å². The van der Waals surface area contributed by atoms with Gasteiger partial charge in [-0.1, -0.05) is 104 Å². The third-order valence-corrected chi connectivity index (χ3v) is 8.65. The van der Waals surface area contributed by atoms with Crippen molar-refractivity contribution in [1.29, 1.82) is 10.5 Å². The Morgan fingerprint density at radius 3 is 2.06 bits per heavy atom. The summed E-state index contributed by atoms with van der Waals surface area (Å²) in [6.45, 7) is 5.74. The molecule has 0 saturated heterocycles. The Hall–Kier alpha value is -6.96. The van der Waals surface area contributed by atoms with Crippen LogP contribution in [0.5, 0.6) is 0 Å². The summed E-state index contributed by atoms with van der Waals surface area (Å²) in [7, 11) is 0. The van der Waals surface area contributed by atoms with E-state index in [0.717, 1.165) is 49.7 Å². The van der Waals surface area contributed by atoms with Gasteiger partial charge in [0.05, 0.1) is 23.2 Å². The fraction of sp³-hybridized carbons (Fsp3) is 0.0698. The number of nitriles is 2. The first-order valence-electron chi connectivity index (χ1n) is 16.1. The molecule has 7 heteroatoms. The van der Waals surface area contributed by atoms with Gasteiger partial charge in [-0.3, -0.25) is 9.59 Å². The van der Waals surface area contributed by atoms with Gasteiger partial charge in [0.2, 0.25) is 0 Å². The minimum Gasteiger partial charge on any atom is -0.481 e. The Kier molecular flexibility index (Phi) is 9.51. The number of aliphatic carboxylic acids is 1. The number of rotatable bonds is 10. The van der Waals surface area contributed by atoms with Crippen molar-refractivity contribution in [3.05, 3.63) is 161 Å². The molecule has 50 heavy (non-hydrogen) atoms. The van der Waals surface area contributed by atoms with Crippen molar-refractivity contribution in [2.24, 2.45) is 0 Å². The number of carboxylic acids is 1. The molecule has 1 amide bonds. The fourth-order valence-electron chi connectivity index (χ4n) is 6.32. The smallest absolute Gasteiger partial charge is 0.307 e. The molecule has 1 aliphatic rings. The first kappa shape index (κ1) is 33.0. The number of allylic oxidation sites excluding steroid dienone is 6. The number of fused-ring (bicyclic) bond motifs is 3. The average molecular weight is 653 g/mol. The zero-order valence-electron chi connectivity index (χ0n) is 27.4. The van der Waals surface area contributed by atoms with Gasteiger partial charge in [-0.2, -0.15) is 10.5 Å². The number of aromatic nitrogens is 1. The molecule has 2 heterocycles. The van der Waals surface area contributed by atoms with Crippen LogP contribution in [0, 0.1) is 22.7 Å². The van der Waals surface area contributed by atoms with Gasteiger partial charge in [0, 0.05) is 34.2 Å². The predicted molar refractivity (Wildman–Crippen MR) is 199 cm³/mol. The first-order valence-corrected chi connectivity index (χ1v) is 16.1. The SMILES string of the molecule is C=Cc1ccc(-c2ccc(-n3c4ccccc4c4cc(/C=C/C=C/C=C/C5=C(CC(=O)O)C(=C(C#N)C#N)N(CC)C5=O)ccc43)cc2)cc1. The van der Waals surface area contributed by atoms with Crippen molar-refractivity contribution < 1.29 is 14.7 Å². The van der Waals surface area contributed by atoms with Crippen molar-refractivity contribution in [2.75, 3.05) is 6.54 Å². The molecule has 0 atom stereocenters. The van der Waals surface area contributed by atoms with Crippen molar-refractivity contribution >= 4 is 45.8 Å². The monoisotopic (exact) mass is 652 g/mol. The lowest BCUT2D eigenvalue weighted by atomic mass is 10.0. The molecule has 0 radical (unpaired) electrons. The molecule has 0 aliphatic carbocycles. The molecule has 6 rings (SSSR count). The number of hydrogen-bond acceptors (Lipinski definition) is 4. The van der Waals surface area contributed by atoms with Gasteiger partial charge in [-0.05, 0) is 65.6 Å². The summed E-state index contributed by atoms with van der Waals surface area (Å²) < 4.78 is 2.28. The number of carbonyl (C=O) groups is 2. The van der Waals surface area contributed by atoms with Gasteiger partial charge in [0.25, 0.3) is 5.91 Å². The zero-order valence-corrected chi connectivity index (χ0v) is 27.4. The first-order chi connectivity index (χ1) is 24.4. The van der Waals surface area contributed by atoms with E-state index in [0.29, 0.717) is 0 Å². The predicted octanol–water partition coefficient (Wildman–Crippen LogP) is 9.15. The van der Waals surface area contributed by atoms with Crippen LogP contribution in [0.3, 0.4) is 0 Å². The van der Waals surface area contributed by atoms with E-state index in [-0.39, 0.29) is 29.0 Å². The Labute approximate surface area is 290 Å². The van der Waals surface area contributed by atoms with Crippen LogP contribution in [-0.4, -0.2) is 33.0 Å². The number of para-hydroxylation sites is 1. The Morgan fingerprint density at radius 1 is 0.800 bits per heavy atom. The second kappa shape index (κ2) is 14.4. The maximum Gasteiger partial charge on any atom is 0.307 e. The molecule has 0 unspecified atom stereocenters. The van der Waals surface area contributed by atoms with Gasteiger partial charge < -0.3 is 14.6 Å². The van der Waals surface area contributed by atoms with Crippen LogP contribution in [0.4, 0.5) is 0 Å². The zero-order chi connectivity index (χ0) is 35.2. The van der Waals surface area contributed by atoms with Crippen molar-refractivity contribution in [2.45, 2.75) is 13.3 Å². The highest BCUT2D eigenvalue weighted by Gasteiger charge is 2.36. The molecule has 1 N–H and O–H groups in total. The molecular formula is C43H32N4O3. The second-order valence-electron chi connectivity index (χ2n) is 11.6. The lowest BCUT2D eigenvalue weighted by Crippen LogP contribution is -2.26. The molecule has 5 aromatic rings. The third kappa shape index (κ3) is 6.32. The summed E-state index contributed by atoms with van der Waals surface area (Å²) in [5, 5.41) is 30.6.